The van der Waals surface area contributed by atoms with Crippen molar-refractivity contribution in [1.29, 1.82) is 5.26 Å². The zero-order chi connectivity index (χ0) is 14.5. The molecular formula is C11H13N3O4S. The molecule has 0 saturated carbocycles. The Labute approximate surface area is 111 Å². The Morgan fingerprint density at radius 2 is 2.21 bits per heavy atom. The second kappa shape index (κ2) is 6.26. The van der Waals surface area contributed by atoms with Crippen LogP contribution in [-0.4, -0.2) is 41.9 Å². The van der Waals surface area contributed by atoms with Gasteiger partial charge in [0.1, 0.15) is 0 Å². The number of pyridine rings is 1. The van der Waals surface area contributed by atoms with E-state index in [9.17, 15) is 13.2 Å². The highest BCUT2D eigenvalue weighted by molar-refractivity contribution is 7.89. The topological polar surface area (TPSA) is 111 Å². The van der Waals surface area contributed by atoms with Crippen molar-refractivity contribution < 1.29 is 18.3 Å². The van der Waals surface area contributed by atoms with Gasteiger partial charge in [-0.05, 0) is 12.1 Å². The molecule has 19 heavy (non-hydrogen) atoms. The Morgan fingerprint density at radius 1 is 1.53 bits per heavy atom. The minimum absolute atomic E-state index is 0.0810. The molecule has 1 heterocycles. The van der Waals surface area contributed by atoms with Crippen LogP contribution in [0.5, 0.6) is 0 Å². The van der Waals surface area contributed by atoms with Crippen molar-refractivity contribution in [3.63, 3.8) is 0 Å². The number of sulfonamides is 1. The molecule has 1 N–H and O–H groups in total. The highest BCUT2D eigenvalue weighted by atomic mass is 32.2. The van der Waals surface area contributed by atoms with Gasteiger partial charge in [0.05, 0.1) is 11.6 Å². The van der Waals surface area contributed by atoms with Gasteiger partial charge in [0.15, 0.2) is 5.03 Å². The molecule has 0 spiro atoms. The fourth-order valence-corrected chi connectivity index (χ4v) is 2.78. The fourth-order valence-electron chi connectivity index (χ4n) is 1.41. The molecule has 0 saturated heterocycles. The molecule has 8 heteroatoms. The highest BCUT2D eigenvalue weighted by Crippen LogP contribution is 2.13. The lowest BCUT2D eigenvalue weighted by atomic mass is 10.3. The van der Waals surface area contributed by atoms with Crippen molar-refractivity contribution in [1.82, 2.24) is 9.29 Å². The first kappa shape index (κ1) is 15.1. The van der Waals surface area contributed by atoms with Crippen LogP contribution in [0, 0.1) is 11.3 Å². The van der Waals surface area contributed by atoms with E-state index in [1.165, 1.54) is 6.07 Å². The standard InChI is InChI=1S/C11H13N3O4S/c1-2-14(7-3-6-12)19(17,18)10-5-4-9(8-13-10)11(15)16/h4-5,8H,2-3,7H2,1H3,(H,15,16). The monoisotopic (exact) mass is 283 g/mol. The number of aromatic nitrogens is 1. The van der Waals surface area contributed by atoms with Crippen LogP contribution in [0.2, 0.25) is 0 Å². The summed E-state index contributed by atoms with van der Waals surface area (Å²) in [5.74, 6) is -1.17. The van der Waals surface area contributed by atoms with E-state index in [0.29, 0.717) is 0 Å². The third kappa shape index (κ3) is 3.49. The number of hydrogen-bond donors (Lipinski definition) is 1. The second-order valence-corrected chi connectivity index (χ2v) is 5.48. The zero-order valence-corrected chi connectivity index (χ0v) is 11.1. The van der Waals surface area contributed by atoms with Crippen LogP contribution in [0.4, 0.5) is 0 Å². The van der Waals surface area contributed by atoms with Crippen LogP contribution in [0.25, 0.3) is 0 Å². The first-order chi connectivity index (χ1) is 8.93. The quantitative estimate of drug-likeness (QED) is 0.822. The van der Waals surface area contributed by atoms with Gasteiger partial charge in [0.2, 0.25) is 0 Å². The van der Waals surface area contributed by atoms with Crippen molar-refractivity contribution in [2.24, 2.45) is 0 Å². The van der Waals surface area contributed by atoms with E-state index in [2.05, 4.69) is 4.98 Å². The Morgan fingerprint density at radius 3 is 2.63 bits per heavy atom. The molecule has 0 aromatic carbocycles. The molecule has 0 atom stereocenters. The fraction of sp³-hybridized carbons (Fsp3) is 0.364. The Kier molecular flexibility index (Phi) is 4.97. The van der Waals surface area contributed by atoms with Gasteiger partial charge >= 0.3 is 5.97 Å². The van der Waals surface area contributed by atoms with E-state index in [1.807, 2.05) is 6.07 Å². The Balaban J connectivity index is 3.05. The zero-order valence-electron chi connectivity index (χ0n) is 10.3. The van der Waals surface area contributed by atoms with Gasteiger partial charge < -0.3 is 5.11 Å². The van der Waals surface area contributed by atoms with Crippen LogP contribution < -0.4 is 0 Å². The number of nitrogens with zero attached hydrogens (tertiary/aromatic N) is 3. The summed E-state index contributed by atoms with van der Waals surface area (Å²) in [4.78, 5) is 14.3. The van der Waals surface area contributed by atoms with Gasteiger partial charge in [0.25, 0.3) is 10.0 Å². The van der Waals surface area contributed by atoms with Crippen molar-refractivity contribution >= 4 is 16.0 Å². The number of rotatable bonds is 6. The molecule has 0 radical (unpaired) electrons. The van der Waals surface area contributed by atoms with Crippen LogP contribution in [0.1, 0.15) is 23.7 Å². The van der Waals surface area contributed by atoms with Gasteiger partial charge in [-0.15, -0.1) is 0 Å². The van der Waals surface area contributed by atoms with Gasteiger partial charge in [-0.2, -0.15) is 9.57 Å². The minimum atomic E-state index is -3.79. The van der Waals surface area contributed by atoms with Gasteiger partial charge in [-0.1, -0.05) is 6.92 Å². The lowest BCUT2D eigenvalue weighted by molar-refractivity contribution is 0.0696. The normalized spacial score (nSPS) is 11.2. The van der Waals surface area contributed by atoms with Crippen LogP contribution >= 0.6 is 0 Å². The molecule has 1 aromatic heterocycles. The average Bonchev–Trinajstić information content (AvgIpc) is 2.39. The maximum absolute atomic E-state index is 12.2. The third-order valence-corrected chi connectivity index (χ3v) is 4.30. The summed E-state index contributed by atoms with van der Waals surface area (Å²) in [7, 11) is -3.79. The van der Waals surface area contributed by atoms with E-state index >= 15 is 0 Å². The van der Waals surface area contributed by atoms with Gasteiger partial charge in [0, 0.05) is 25.7 Å². The Bertz CT molecular complexity index is 589. The number of nitriles is 1. The van der Waals surface area contributed by atoms with Gasteiger partial charge in [-0.3, -0.25) is 0 Å². The first-order valence-electron chi connectivity index (χ1n) is 5.50. The molecule has 0 aliphatic carbocycles. The molecule has 102 valence electrons. The van der Waals surface area contributed by atoms with Crippen molar-refractivity contribution in [3.8, 4) is 6.07 Å². The Hall–Kier alpha value is -1.98. The number of carbonyl (C=O) groups is 1. The number of hydrogen-bond acceptors (Lipinski definition) is 5. The van der Waals surface area contributed by atoms with Crippen molar-refractivity contribution in [2.45, 2.75) is 18.4 Å². The maximum Gasteiger partial charge on any atom is 0.337 e. The molecule has 0 unspecified atom stereocenters. The first-order valence-corrected chi connectivity index (χ1v) is 6.94. The van der Waals surface area contributed by atoms with Crippen LogP contribution in [-0.2, 0) is 10.0 Å². The van der Waals surface area contributed by atoms with Crippen molar-refractivity contribution in [2.75, 3.05) is 13.1 Å². The third-order valence-electron chi connectivity index (χ3n) is 2.41. The summed E-state index contributed by atoms with van der Waals surface area (Å²) < 4.78 is 25.4. The number of carboxylic acids is 1. The summed E-state index contributed by atoms with van der Waals surface area (Å²) in [6.45, 7) is 1.95. The van der Waals surface area contributed by atoms with Crippen molar-refractivity contribution in [3.05, 3.63) is 23.9 Å². The summed E-state index contributed by atoms with van der Waals surface area (Å²) >= 11 is 0. The summed E-state index contributed by atoms with van der Waals surface area (Å²) in [6, 6.07) is 4.20. The smallest absolute Gasteiger partial charge is 0.337 e. The minimum Gasteiger partial charge on any atom is -0.478 e. The van der Waals surface area contributed by atoms with Crippen LogP contribution in [0.3, 0.4) is 0 Å². The second-order valence-electron chi connectivity index (χ2n) is 3.60. The van der Waals surface area contributed by atoms with Gasteiger partial charge in [-0.25, -0.2) is 18.2 Å². The van der Waals surface area contributed by atoms with E-state index < -0.39 is 16.0 Å². The molecule has 1 rings (SSSR count). The molecule has 0 aliphatic heterocycles. The SMILES string of the molecule is CCN(CCC#N)S(=O)(=O)c1ccc(C(=O)O)cn1. The summed E-state index contributed by atoms with van der Waals surface area (Å²) in [6.07, 6.45) is 1.08. The van der Waals surface area contributed by atoms with Crippen LogP contribution in [0.15, 0.2) is 23.4 Å². The van der Waals surface area contributed by atoms with E-state index in [0.717, 1.165) is 16.6 Å². The predicted octanol–water partition coefficient (Wildman–Crippen LogP) is 0.704. The lowest BCUT2D eigenvalue weighted by Crippen LogP contribution is -2.32. The molecule has 7 nitrogen and oxygen atoms in total. The lowest BCUT2D eigenvalue weighted by Gasteiger charge is -2.18. The van der Waals surface area contributed by atoms with E-state index in [4.69, 9.17) is 10.4 Å². The van der Waals surface area contributed by atoms with E-state index in [1.54, 1.807) is 6.92 Å². The van der Waals surface area contributed by atoms with E-state index in [-0.39, 0.29) is 30.1 Å². The number of aromatic carboxylic acids is 1. The predicted molar refractivity (Wildman–Crippen MR) is 65.9 cm³/mol. The molecule has 0 aliphatic rings. The number of carboxylic acid groups (broad SMARTS) is 1. The maximum atomic E-state index is 12.2. The molecular weight excluding hydrogens is 270 g/mol. The molecule has 0 amide bonds. The largest absolute Gasteiger partial charge is 0.478 e. The summed E-state index contributed by atoms with van der Waals surface area (Å²) in [5.41, 5.74) is -0.0842. The highest BCUT2D eigenvalue weighted by Gasteiger charge is 2.24. The summed E-state index contributed by atoms with van der Waals surface area (Å²) in [5, 5.41) is 17.0. The molecule has 0 fully saturated rings. The average molecular weight is 283 g/mol. The molecule has 0 bridgehead atoms. The molecule has 1 aromatic rings.